The zero-order valence-electron chi connectivity index (χ0n) is 12.2. The number of ether oxygens (including phenoxy) is 3. The summed E-state index contributed by atoms with van der Waals surface area (Å²) in [5, 5.41) is 3.37. The summed E-state index contributed by atoms with van der Waals surface area (Å²) in [6, 6.07) is 10.3. The SMILES string of the molecule is O=C(Nc1ccc(Oc2ccc(Cl)cc2)nc1)[C@@H]1COCCO1. The highest BCUT2D eigenvalue weighted by molar-refractivity contribution is 6.30. The van der Waals surface area contributed by atoms with Crippen LogP contribution in [0.3, 0.4) is 0 Å². The van der Waals surface area contributed by atoms with E-state index < -0.39 is 6.10 Å². The first-order valence-electron chi connectivity index (χ1n) is 7.10. The van der Waals surface area contributed by atoms with Gasteiger partial charge < -0.3 is 19.5 Å². The normalized spacial score (nSPS) is 17.5. The lowest BCUT2D eigenvalue weighted by molar-refractivity contribution is -0.142. The first kappa shape index (κ1) is 15.7. The van der Waals surface area contributed by atoms with Crippen molar-refractivity contribution < 1.29 is 19.0 Å². The third kappa shape index (κ3) is 4.41. The van der Waals surface area contributed by atoms with Gasteiger partial charge in [-0.3, -0.25) is 4.79 Å². The molecule has 1 aliphatic rings. The fraction of sp³-hybridized carbons (Fsp3) is 0.250. The molecule has 1 fully saturated rings. The molecule has 1 aromatic carbocycles. The number of nitrogens with one attached hydrogen (secondary N) is 1. The molecule has 0 bridgehead atoms. The van der Waals surface area contributed by atoms with Crippen molar-refractivity contribution in [2.24, 2.45) is 0 Å². The maximum absolute atomic E-state index is 12.0. The lowest BCUT2D eigenvalue weighted by Gasteiger charge is -2.21. The van der Waals surface area contributed by atoms with E-state index in [0.29, 0.717) is 35.6 Å². The van der Waals surface area contributed by atoms with Crippen molar-refractivity contribution in [2.75, 3.05) is 25.1 Å². The molecule has 6 nitrogen and oxygen atoms in total. The molecular weight excluding hydrogens is 320 g/mol. The molecule has 0 unspecified atom stereocenters. The summed E-state index contributed by atoms with van der Waals surface area (Å²) in [5.74, 6) is 0.798. The first-order valence-corrected chi connectivity index (χ1v) is 7.48. The minimum atomic E-state index is -0.589. The number of hydrogen-bond acceptors (Lipinski definition) is 5. The highest BCUT2D eigenvalue weighted by Crippen LogP contribution is 2.22. The number of aromatic nitrogens is 1. The number of hydrogen-bond donors (Lipinski definition) is 1. The van der Waals surface area contributed by atoms with Crippen LogP contribution in [0, 0.1) is 0 Å². The number of pyridine rings is 1. The molecule has 2 aromatic rings. The van der Waals surface area contributed by atoms with Gasteiger partial charge in [0.25, 0.3) is 5.91 Å². The van der Waals surface area contributed by atoms with Crippen LogP contribution in [0.4, 0.5) is 5.69 Å². The van der Waals surface area contributed by atoms with E-state index in [0.717, 1.165) is 0 Å². The van der Waals surface area contributed by atoms with Crippen LogP contribution in [0.1, 0.15) is 0 Å². The van der Waals surface area contributed by atoms with Crippen LogP contribution in [0.2, 0.25) is 5.02 Å². The van der Waals surface area contributed by atoms with E-state index in [1.165, 1.54) is 6.20 Å². The number of benzene rings is 1. The quantitative estimate of drug-likeness (QED) is 0.931. The Morgan fingerprint density at radius 2 is 2.04 bits per heavy atom. The summed E-state index contributed by atoms with van der Waals surface area (Å²) < 4.78 is 16.1. The average molecular weight is 335 g/mol. The van der Waals surface area contributed by atoms with Crippen molar-refractivity contribution in [3.63, 3.8) is 0 Å². The third-order valence-corrected chi connectivity index (χ3v) is 3.40. The molecule has 1 aromatic heterocycles. The van der Waals surface area contributed by atoms with Gasteiger partial charge >= 0.3 is 0 Å². The molecule has 1 aliphatic heterocycles. The largest absolute Gasteiger partial charge is 0.439 e. The smallest absolute Gasteiger partial charge is 0.255 e. The minimum absolute atomic E-state index is 0.252. The number of carbonyl (C=O) groups excluding carboxylic acids is 1. The van der Waals surface area contributed by atoms with Gasteiger partial charge in [0.2, 0.25) is 5.88 Å². The van der Waals surface area contributed by atoms with Gasteiger partial charge in [-0.2, -0.15) is 0 Å². The Kier molecular flexibility index (Phi) is 5.07. The van der Waals surface area contributed by atoms with E-state index in [9.17, 15) is 4.79 Å². The predicted molar refractivity (Wildman–Crippen MR) is 85.0 cm³/mol. The van der Waals surface area contributed by atoms with E-state index in [-0.39, 0.29) is 12.5 Å². The third-order valence-electron chi connectivity index (χ3n) is 3.15. The van der Waals surface area contributed by atoms with Gasteiger partial charge in [-0.1, -0.05) is 11.6 Å². The maximum atomic E-state index is 12.0. The van der Waals surface area contributed by atoms with Crippen molar-refractivity contribution in [1.82, 2.24) is 4.98 Å². The van der Waals surface area contributed by atoms with Gasteiger partial charge in [-0.15, -0.1) is 0 Å². The van der Waals surface area contributed by atoms with Crippen molar-refractivity contribution in [3.05, 3.63) is 47.6 Å². The monoisotopic (exact) mass is 334 g/mol. The second-order valence-corrected chi connectivity index (χ2v) is 5.30. The highest BCUT2D eigenvalue weighted by Gasteiger charge is 2.22. The molecule has 1 saturated heterocycles. The Hall–Kier alpha value is -2.15. The van der Waals surface area contributed by atoms with Crippen LogP contribution in [0.5, 0.6) is 11.6 Å². The van der Waals surface area contributed by atoms with E-state index in [1.54, 1.807) is 36.4 Å². The van der Waals surface area contributed by atoms with E-state index in [1.807, 2.05) is 0 Å². The lowest BCUT2D eigenvalue weighted by Crippen LogP contribution is -2.39. The second kappa shape index (κ2) is 7.41. The summed E-state index contributed by atoms with van der Waals surface area (Å²) in [4.78, 5) is 16.1. The molecular formula is C16H15ClN2O4. The zero-order valence-corrected chi connectivity index (χ0v) is 13.0. The molecule has 23 heavy (non-hydrogen) atoms. The molecule has 120 valence electrons. The topological polar surface area (TPSA) is 69.7 Å². The number of halogens is 1. The highest BCUT2D eigenvalue weighted by atomic mass is 35.5. The Morgan fingerprint density at radius 1 is 1.22 bits per heavy atom. The lowest BCUT2D eigenvalue weighted by atomic mass is 10.3. The molecule has 0 aliphatic carbocycles. The van der Waals surface area contributed by atoms with Crippen LogP contribution in [-0.2, 0) is 14.3 Å². The Balaban J connectivity index is 1.58. The van der Waals surface area contributed by atoms with Crippen LogP contribution in [-0.4, -0.2) is 36.8 Å². The van der Waals surface area contributed by atoms with Crippen LogP contribution < -0.4 is 10.1 Å². The first-order chi connectivity index (χ1) is 11.2. The summed E-state index contributed by atoms with van der Waals surface area (Å²) in [6.45, 7) is 1.20. The van der Waals surface area contributed by atoms with Crippen LogP contribution >= 0.6 is 11.6 Å². The summed E-state index contributed by atoms with van der Waals surface area (Å²) in [5.41, 5.74) is 0.563. The molecule has 1 N–H and O–H groups in total. The molecule has 0 radical (unpaired) electrons. The van der Waals surface area contributed by atoms with Gasteiger partial charge in [-0.25, -0.2) is 4.98 Å². The van der Waals surface area contributed by atoms with Crippen molar-refractivity contribution in [1.29, 1.82) is 0 Å². The fourth-order valence-electron chi connectivity index (χ4n) is 2.00. The predicted octanol–water partition coefficient (Wildman–Crippen LogP) is 2.88. The number of nitrogens with zero attached hydrogens (tertiary/aromatic N) is 1. The molecule has 1 amide bonds. The van der Waals surface area contributed by atoms with Crippen molar-refractivity contribution >= 4 is 23.2 Å². The summed E-state index contributed by atoms with van der Waals surface area (Å²) in [6.07, 6.45) is 0.932. The molecule has 0 spiro atoms. The van der Waals surface area contributed by atoms with Gasteiger partial charge in [0.15, 0.2) is 6.10 Å². The van der Waals surface area contributed by atoms with E-state index >= 15 is 0 Å². The second-order valence-electron chi connectivity index (χ2n) is 4.86. The minimum Gasteiger partial charge on any atom is -0.439 e. The molecule has 3 rings (SSSR count). The van der Waals surface area contributed by atoms with Gasteiger partial charge in [-0.05, 0) is 30.3 Å². The van der Waals surface area contributed by atoms with Gasteiger partial charge in [0, 0.05) is 11.1 Å². The average Bonchev–Trinajstić information content (AvgIpc) is 2.59. The van der Waals surface area contributed by atoms with Gasteiger partial charge in [0.1, 0.15) is 5.75 Å². The number of amides is 1. The number of rotatable bonds is 4. The summed E-state index contributed by atoms with van der Waals surface area (Å²) in [7, 11) is 0. The standard InChI is InChI=1S/C16H15ClN2O4/c17-11-1-4-13(5-2-11)23-15-6-3-12(9-18-15)19-16(20)14-10-21-7-8-22-14/h1-6,9,14H,7-8,10H2,(H,19,20)/t14-/m0/s1. The van der Waals surface area contributed by atoms with Crippen molar-refractivity contribution in [2.45, 2.75) is 6.10 Å². The van der Waals surface area contributed by atoms with Crippen LogP contribution in [0.25, 0.3) is 0 Å². The maximum Gasteiger partial charge on any atom is 0.255 e. The Morgan fingerprint density at radius 3 is 2.70 bits per heavy atom. The van der Waals surface area contributed by atoms with E-state index in [2.05, 4.69) is 10.3 Å². The molecule has 1 atom stereocenters. The molecule has 7 heteroatoms. The Bertz CT molecular complexity index is 655. The number of carbonyl (C=O) groups is 1. The molecule has 0 saturated carbocycles. The van der Waals surface area contributed by atoms with E-state index in [4.69, 9.17) is 25.8 Å². The summed E-state index contributed by atoms with van der Waals surface area (Å²) >= 11 is 5.82. The van der Waals surface area contributed by atoms with Crippen LogP contribution in [0.15, 0.2) is 42.6 Å². The van der Waals surface area contributed by atoms with Gasteiger partial charge in [0.05, 0.1) is 31.7 Å². The molecule has 2 heterocycles. The number of anilines is 1. The fourth-order valence-corrected chi connectivity index (χ4v) is 2.13. The zero-order chi connectivity index (χ0) is 16.1. The van der Waals surface area contributed by atoms with Crippen molar-refractivity contribution in [3.8, 4) is 11.6 Å². The Labute approximate surface area is 138 Å².